The van der Waals surface area contributed by atoms with Gasteiger partial charge in [0.25, 0.3) is 5.91 Å². The molecule has 0 bridgehead atoms. The van der Waals surface area contributed by atoms with Crippen LogP contribution in [-0.2, 0) is 11.2 Å². The molecular formula is C22H24N4O2S. The largest absolute Gasteiger partial charge is 0.345 e. The summed E-state index contributed by atoms with van der Waals surface area (Å²) in [6, 6.07) is 17.0. The van der Waals surface area contributed by atoms with E-state index in [0.717, 1.165) is 23.0 Å². The molecule has 150 valence electrons. The van der Waals surface area contributed by atoms with Gasteiger partial charge in [-0.3, -0.25) is 9.59 Å². The van der Waals surface area contributed by atoms with Gasteiger partial charge in [-0.1, -0.05) is 42.1 Å². The van der Waals surface area contributed by atoms with Gasteiger partial charge in [0.05, 0.1) is 11.4 Å². The highest BCUT2D eigenvalue weighted by Gasteiger charge is 2.11. The van der Waals surface area contributed by atoms with Crippen LogP contribution in [0, 0.1) is 6.92 Å². The molecule has 0 saturated carbocycles. The molecule has 2 amide bonds. The SMILES string of the molecule is Cc1[nH]c(SCC(=O)Nc2ccc(C(=O)N(C)C)cc2)nc1Cc1ccccc1. The number of H-pyrrole nitrogens is 1. The predicted molar refractivity (Wildman–Crippen MR) is 116 cm³/mol. The van der Waals surface area contributed by atoms with Crippen molar-refractivity contribution in [1.29, 1.82) is 0 Å². The summed E-state index contributed by atoms with van der Waals surface area (Å²) >= 11 is 1.37. The minimum atomic E-state index is -0.125. The fraction of sp³-hybridized carbons (Fsp3) is 0.227. The summed E-state index contributed by atoms with van der Waals surface area (Å²) in [6.45, 7) is 1.99. The Balaban J connectivity index is 1.53. The standard InChI is InChI=1S/C22H24N4O2S/c1-15-19(13-16-7-5-4-6-8-16)25-22(23-15)29-14-20(27)24-18-11-9-17(10-12-18)21(28)26(2)3/h4-12H,13-14H2,1-3H3,(H,23,25)(H,24,27). The molecule has 0 saturated heterocycles. The van der Waals surface area contributed by atoms with Crippen molar-refractivity contribution in [3.8, 4) is 0 Å². The van der Waals surface area contributed by atoms with E-state index in [0.29, 0.717) is 11.3 Å². The van der Waals surface area contributed by atoms with E-state index in [2.05, 4.69) is 27.4 Å². The van der Waals surface area contributed by atoms with Gasteiger partial charge in [-0.05, 0) is 36.8 Å². The van der Waals surface area contributed by atoms with Crippen molar-refractivity contribution in [2.45, 2.75) is 18.5 Å². The van der Waals surface area contributed by atoms with Crippen LogP contribution in [0.1, 0.15) is 27.3 Å². The van der Waals surface area contributed by atoms with E-state index >= 15 is 0 Å². The number of carbonyl (C=O) groups is 2. The molecule has 1 aromatic heterocycles. The van der Waals surface area contributed by atoms with Gasteiger partial charge in [0, 0.05) is 37.5 Å². The van der Waals surface area contributed by atoms with Gasteiger partial charge >= 0.3 is 0 Å². The van der Waals surface area contributed by atoms with Crippen molar-refractivity contribution < 1.29 is 9.59 Å². The van der Waals surface area contributed by atoms with Gasteiger partial charge < -0.3 is 15.2 Å². The molecule has 1 heterocycles. The Hall–Kier alpha value is -3.06. The summed E-state index contributed by atoms with van der Waals surface area (Å²) in [6.07, 6.45) is 0.758. The van der Waals surface area contributed by atoms with Crippen LogP contribution in [0.2, 0.25) is 0 Å². The number of hydrogen-bond acceptors (Lipinski definition) is 4. The number of nitrogens with one attached hydrogen (secondary N) is 2. The minimum Gasteiger partial charge on any atom is -0.345 e. The quantitative estimate of drug-likeness (QED) is 0.584. The van der Waals surface area contributed by atoms with Crippen LogP contribution >= 0.6 is 11.8 Å². The van der Waals surface area contributed by atoms with E-state index in [-0.39, 0.29) is 17.6 Å². The van der Waals surface area contributed by atoms with Crippen molar-refractivity contribution >= 4 is 29.3 Å². The predicted octanol–water partition coefficient (Wildman–Crippen LogP) is 3.74. The number of imidazole rings is 1. The lowest BCUT2D eigenvalue weighted by Crippen LogP contribution is -2.21. The summed E-state index contributed by atoms with van der Waals surface area (Å²) in [5.74, 6) is 0.0501. The molecule has 3 rings (SSSR count). The van der Waals surface area contributed by atoms with Crippen molar-refractivity contribution in [3.05, 3.63) is 77.1 Å². The van der Waals surface area contributed by atoms with E-state index in [4.69, 9.17) is 0 Å². The smallest absolute Gasteiger partial charge is 0.253 e. The zero-order valence-electron chi connectivity index (χ0n) is 16.7. The Morgan fingerprint density at radius 3 is 2.41 bits per heavy atom. The first-order valence-corrected chi connectivity index (χ1v) is 10.2. The molecule has 29 heavy (non-hydrogen) atoms. The van der Waals surface area contributed by atoms with E-state index < -0.39 is 0 Å². The van der Waals surface area contributed by atoms with Crippen LogP contribution in [0.15, 0.2) is 59.8 Å². The Morgan fingerprint density at radius 2 is 1.76 bits per heavy atom. The number of aromatic nitrogens is 2. The van der Waals surface area contributed by atoms with Gasteiger partial charge in [-0.2, -0.15) is 0 Å². The van der Waals surface area contributed by atoms with Crippen molar-refractivity contribution in [2.24, 2.45) is 0 Å². The third-order valence-corrected chi connectivity index (χ3v) is 5.21. The maximum absolute atomic E-state index is 12.2. The molecule has 0 atom stereocenters. The monoisotopic (exact) mass is 408 g/mol. The molecule has 0 radical (unpaired) electrons. The van der Waals surface area contributed by atoms with Crippen LogP contribution in [0.4, 0.5) is 5.69 Å². The highest BCUT2D eigenvalue weighted by Crippen LogP contribution is 2.19. The van der Waals surface area contributed by atoms with Crippen molar-refractivity contribution in [3.63, 3.8) is 0 Å². The van der Waals surface area contributed by atoms with E-state index in [9.17, 15) is 9.59 Å². The summed E-state index contributed by atoms with van der Waals surface area (Å²) < 4.78 is 0. The van der Waals surface area contributed by atoms with E-state index in [1.165, 1.54) is 22.2 Å². The Bertz CT molecular complexity index is 982. The van der Waals surface area contributed by atoms with Crippen LogP contribution in [0.5, 0.6) is 0 Å². The molecule has 3 aromatic rings. The first-order chi connectivity index (χ1) is 13.9. The molecule has 7 heteroatoms. The highest BCUT2D eigenvalue weighted by molar-refractivity contribution is 7.99. The normalized spacial score (nSPS) is 10.6. The first kappa shape index (κ1) is 20.7. The fourth-order valence-electron chi connectivity index (χ4n) is 2.78. The molecule has 6 nitrogen and oxygen atoms in total. The number of amides is 2. The topological polar surface area (TPSA) is 78.1 Å². The maximum Gasteiger partial charge on any atom is 0.253 e. The minimum absolute atomic E-state index is 0.0714. The van der Waals surface area contributed by atoms with Crippen LogP contribution in [0.25, 0.3) is 0 Å². The van der Waals surface area contributed by atoms with Crippen molar-refractivity contribution in [2.75, 3.05) is 25.2 Å². The number of aromatic amines is 1. The summed E-state index contributed by atoms with van der Waals surface area (Å²) in [5, 5.41) is 3.57. The number of nitrogens with zero attached hydrogens (tertiary/aromatic N) is 2. The van der Waals surface area contributed by atoms with Gasteiger partial charge in [0.1, 0.15) is 0 Å². The van der Waals surface area contributed by atoms with E-state index in [1.54, 1.807) is 38.4 Å². The zero-order valence-corrected chi connectivity index (χ0v) is 17.5. The van der Waals surface area contributed by atoms with Gasteiger partial charge in [-0.25, -0.2) is 4.98 Å². The van der Waals surface area contributed by atoms with Gasteiger partial charge in [-0.15, -0.1) is 0 Å². The number of thioether (sulfide) groups is 1. The fourth-order valence-corrected chi connectivity index (χ4v) is 3.52. The average Bonchev–Trinajstić information content (AvgIpc) is 3.06. The van der Waals surface area contributed by atoms with E-state index in [1.807, 2.05) is 25.1 Å². The number of benzene rings is 2. The molecule has 2 aromatic carbocycles. The second-order valence-corrected chi connectivity index (χ2v) is 7.85. The van der Waals surface area contributed by atoms with Crippen molar-refractivity contribution in [1.82, 2.24) is 14.9 Å². The lowest BCUT2D eigenvalue weighted by atomic mass is 10.1. The Kier molecular flexibility index (Phi) is 6.72. The number of anilines is 1. The summed E-state index contributed by atoms with van der Waals surface area (Å²) in [7, 11) is 3.41. The molecular weight excluding hydrogens is 384 g/mol. The zero-order chi connectivity index (χ0) is 20.8. The average molecular weight is 409 g/mol. The summed E-state index contributed by atoms with van der Waals surface area (Å²) in [4.78, 5) is 33.5. The molecule has 0 unspecified atom stereocenters. The third-order valence-electron chi connectivity index (χ3n) is 4.34. The van der Waals surface area contributed by atoms with Gasteiger partial charge in [0.15, 0.2) is 5.16 Å². The lowest BCUT2D eigenvalue weighted by Gasteiger charge is -2.10. The molecule has 0 spiro atoms. The maximum atomic E-state index is 12.2. The first-order valence-electron chi connectivity index (χ1n) is 9.26. The Labute approximate surface area is 174 Å². The second-order valence-electron chi connectivity index (χ2n) is 6.89. The molecule has 0 fully saturated rings. The molecule has 2 N–H and O–H groups in total. The highest BCUT2D eigenvalue weighted by atomic mass is 32.2. The molecule has 0 aliphatic carbocycles. The number of aryl methyl sites for hydroxylation is 1. The molecule has 0 aliphatic rings. The summed E-state index contributed by atoms with van der Waals surface area (Å²) in [5.41, 5.74) is 4.44. The van der Waals surface area contributed by atoms with Gasteiger partial charge in [0.2, 0.25) is 5.91 Å². The Morgan fingerprint density at radius 1 is 1.07 bits per heavy atom. The van der Waals surface area contributed by atoms with Crippen LogP contribution in [0.3, 0.4) is 0 Å². The number of carbonyl (C=O) groups excluding carboxylic acids is 2. The van der Waals surface area contributed by atoms with Crippen LogP contribution < -0.4 is 5.32 Å². The number of hydrogen-bond donors (Lipinski definition) is 2. The second kappa shape index (κ2) is 9.43. The lowest BCUT2D eigenvalue weighted by molar-refractivity contribution is -0.113. The van der Waals surface area contributed by atoms with Crippen LogP contribution in [-0.4, -0.2) is 46.5 Å². The number of rotatable bonds is 7. The third kappa shape index (κ3) is 5.71. The molecule has 0 aliphatic heterocycles.